The Hall–Kier alpha value is -2.61. The van der Waals surface area contributed by atoms with Crippen molar-refractivity contribution in [2.24, 2.45) is 5.92 Å². The molecule has 3 rings (SSSR count). The predicted octanol–water partition coefficient (Wildman–Crippen LogP) is 4.88. The Morgan fingerprint density at radius 2 is 1.82 bits per heavy atom. The number of amides is 1. The topological polar surface area (TPSA) is 93.1 Å². The highest BCUT2D eigenvalue weighted by atomic mass is 35.5. The van der Waals surface area contributed by atoms with Crippen LogP contribution in [0.15, 0.2) is 42.5 Å². The van der Waals surface area contributed by atoms with Gasteiger partial charge in [-0.2, -0.15) is 0 Å². The number of halogens is 2. The van der Waals surface area contributed by atoms with Gasteiger partial charge in [0.05, 0.1) is 6.42 Å². The summed E-state index contributed by atoms with van der Waals surface area (Å²) in [7, 11) is 0. The molecule has 0 saturated heterocycles. The molecule has 0 aliphatic carbocycles. The molecule has 9 heteroatoms. The van der Waals surface area contributed by atoms with Gasteiger partial charge in [-0.15, -0.1) is 0 Å². The fourth-order valence-electron chi connectivity index (χ4n) is 3.63. The van der Waals surface area contributed by atoms with Gasteiger partial charge in [-0.25, -0.2) is 4.79 Å². The van der Waals surface area contributed by atoms with Gasteiger partial charge in [-0.3, -0.25) is 9.59 Å². The van der Waals surface area contributed by atoms with Crippen molar-refractivity contribution in [1.82, 2.24) is 0 Å². The lowest BCUT2D eigenvalue weighted by atomic mass is 9.99. The van der Waals surface area contributed by atoms with Gasteiger partial charge in [0.15, 0.2) is 6.10 Å². The molecule has 33 heavy (non-hydrogen) atoms. The fraction of sp³-hybridized carbons (Fsp3) is 0.375. The normalized spacial score (nSPS) is 19.1. The molecule has 176 valence electrons. The Labute approximate surface area is 202 Å². The molecule has 0 bridgehead atoms. The summed E-state index contributed by atoms with van der Waals surface area (Å²) in [6, 6.07) is 12.2. The van der Waals surface area contributed by atoms with Crippen LogP contribution in [-0.4, -0.2) is 41.7 Å². The first-order chi connectivity index (χ1) is 15.6. The number of esters is 1. The van der Waals surface area contributed by atoms with Crippen LogP contribution in [0.3, 0.4) is 0 Å². The third-order valence-electron chi connectivity index (χ3n) is 5.15. The molecule has 2 aromatic carbocycles. The molecular formula is C24H25Cl2NO6. The molecule has 0 radical (unpaired) electrons. The third-order valence-corrected chi connectivity index (χ3v) is 5.73. The molecule has 0 fully saturated rings. The van der Waals surface area contributed by atoms with E-state index >= 15 is 0 Å². The summed E-state index contributed by atoms with van der Waals surface area (Å²) in [6.07, 6.45) is -3.80. The van der Waals surface area contributed by atoms with E-state index in [4.69, 9.17) is 37.8 Å². The molecule has 3 atom stereocenters. The van der Waals surface area contributed by atoms with Crippen LogP contribution in [0, 0.1) is 5.92 Å². The van der Waals surface area contributed by atoms with E-state index in [1.807, 2.05) is 13.8 Å². The fourth-order valence-corrected chi connectivity index (χ4v) is 4.05. The SMILES string of the molecule is CC(C)CN1C(=O)[C@H](CC(=O)O[C@H](C)C(=O)O)O[C@@H](c2ccccc2Cl)c2cc(Cl)ccc21. The van der Waals surface area contributed by atoms with Crippen LogP contribution in [-0.2, 0) is 23.9 Å². The lowest BCUT2D eigenvalue weighted by molar-refractivity contribution is -0.165. The van der Waals surface area contributed by atoms with Gasteiger partial charge < -0.3 is 19.5 Å². The van der Waals surface area contributed by atoms with Gasteiger partial charge in [0.1, 0.15) is 12.2 Å². The molecule has 1 amide bonds. The van der Waals surface area contributed by atoms with Crippen LogP contribution in [0.4, 0.5) is 5.69 Å². The minimum Gasteiger partial charge on any atom is -0.479 e. The van der Waals surface area contributed by atoms with Gasteiger partial charge in [-0.05, 0) is 37.1 Å². The third kappa shape index (κ3) is 5.85. The summed E-state index contributed by atoms with van der Waals surface area (Å²) in [5.74, 6) is -2.45. The van der Waals surface area contributed by atoms with E-state index in [-0.39, 0.29) is 5.92 Å². The molecule has 1 aliphatic rings. The van der Waals surface area contributed by atoms with Crippen LogP contribution in [0.1, 0.15) is 44.4 Å². The monoisotopic (exact) mass is 493 g/mol. The predicted molar refractivity (Wildman–Crippen MR) is 125 cm³/mol. The minimum absolute atomic E-state index is 0.119. The zero-order valence-corrected chi connectivity index (χ0v) is 20.0. The van der Waals surface area contributed by atoms with Crippen LogP contribution in [0.25, 0.3) is 0 Å². The zero-order valence-electron chi connectivity index (χ0n) is 18.5. The molecule has 1 N–H and O–H groups in total. The summed E-state index contributed by atoms with van der Waals surface area (Å²) in [6.45, 7) is 5.56. The lowest BCUT2D eigenvalue weighted by Gasteiger charge is -2.26. The summed E-state index contributed by atoms with van der Waals surface area (Å²) in [5.41, 5.74) is 1.86. The van der Waals surface area contributed by atoms with Crippen molar-refractivity contribution < 1.29 is 29.0 Å². The van der Waals surface area contributed by atoms with E-state index in [1.165, 1.54) is 6.92 Å². The number of hydrogen-bond acceptors (Lipinski definition) is 5. The second-order valence-electron chi connectivity index (χ2n) is 8.25. The van der Waals surface area contributed by atoms with Gasteiger partial charge >= 0.3 is 11.9 Å². The molecule has 0 unspecified atom stereocenters. The highest BCUT2D eigenvalue weighted by Crippen LogP contribution is 2.42. The Morgan fingerprint density at radius 1 is 1.12 bits per heavy atom. The van der Waals surface area contributed by atoms with Crippen molar-refractivity contribution in [1.29, 1.82) is 0 Å². The van der Waals surface area contributed by atoms with Crippen molar-refractivity contribution in [2.75, 3.05) is 11.4 Å². The van der Waals surface area contributed by atoms with E-state index in [1.54, 1.807) is 47.4 Å². The molecule has 1 aliphatic heterocycles. The van der Waals surface area contributed by atoms with E-state index in [0.29, 0.717) is 33.4 Å². The number of carboxylic acid groups (broad SMARTS) is 1. The molecule has 1 heterocycles. The number of rotatable bonds is 7. The van der Waals surface area contributed by atoms with Crippen LogP contribution in [0.5, 0.6) is 0 Å². The first-order valence-electron chi connectivity index (χ1n) is 10.5. The van der Waals surface area contributed by atoms with Gasteiger partial charge in [-0.1, -0.05) is 55.2 Å². The quantitative estimate of drug-likeness (QED) is 0.552. The van der Waals surface area contributed by atoms with Crippen LogP contribution < -0.4 is 4.90 Å². The summed E-state index contributed by atoms with van der Waals surface area (Å²) in [5, 5.41) is 9.92. The number of hydrogen-bond donors (Lipinski definition) is 1. The van der Waals surface area contributed by atoms with E-state index in [0.717, 1.165) is 0 Å². The van der Waals surface area contributed by atoms with E-state index < -0.39 is 42.6 Å². The van der Waals surface area contributed by atoms with Gasteiger partial charge in [0, 0.05) is 33.4 Å². The maximum Gasteiger partial charge on any atom is 0.344 e. The number of fused-ring (bicyclic) bond motifs is 1. The Balaban J connectivity index is 2.08. The molecule has 0 spiro atoms. The maximum absolute atomic E-state index is 13.6. The van der Waals surface area contributed by atoms with Crippen molar-refractivity contribution in [3.63, 3.8) is 0 Å². The van der Waals surface area contributed by atoms with Gasteiger partial charge in [0.2, 0.25) is 0 Å². The van der Waals surface area contributed by atoms with E-state index in [2.05, 4.69) is 0 Å². The average Bonchev–Trinajstić information content (AvgIpc) is 2.84. The molecule has 0 aromatic heterocycles. The largest absolute Gasteiger partial charge is 0.479 e. The number of aliphatic carboxylic acids is 1. The first kappa shape index (κ1) is 25.0. The second-order valence-corrected chi connectivity index (χ2v) is 9.09. The maximum atomic E-state index is 13.6. The molecule has 2 aromatic rings. The Bertz CT molecular complexity index is 1060. The number of nitrogens with zero attached hydrogens (tertiary/aromatic N) is 1. The zero-order chi connectivity index (χ0) is 24.3. The first-order valence-corrected chi connectivity index (χ1v) is 11.3. The van der Waals surface area contributed by atoms with Crippen molar-refractivity contribution in [2.45, 2.75) is 45.5 Å². The van der Waals surface area contributed by atoms with Crippen LogP contribution >= 0.6 is 23.2 Å². The van der Waals surface area contributed by atoms with Crippen molar-refractivity contribution in [3.05, 3.63) is 63.6 Å². The van der Waals surface area contributed by atoms with Crippen LogP contribution in [0.2, 0.25) is 10.0 Å². The summed E-state index contributed by atoms with van der Waals surface area (Å²) < 4.78 is 11.2. The highest BCUT2D eigenvalue weighted by molar-refractivity contribution is 6.31. The number of carbonyl (C=O) groups excluding carboxylic acids is 2. The smallest absolute Gasteiger partial charge is 0.344 e. The second kappa shape index (κ2) is 10.5. The lowest BCUT2D eigenvalue weighted by Crippen LogP contribution is -2.42. The van der Waals surface area contributed by atoms with Crippen molar-refractivity contribution >= 4 is 46.7 Å². The van der Waals surface area contributed by atoms with E-state index in [9.17, 15) is 14.4 Å². The number of ether oxygens (including phenoxy) is 2. The molecular weight excluding hydrogens is 469 g/mol. The molecule has 0 saturated carbocycles. The molecule has 7 nitrogen and oxygen atoms in total. The van der Waals surface area contributed by atoms with Gasteiger partial charge in [0.25, 0.3) is 5.91 Å². The average molecular weight is 494 g/mol. The number of carbonyl (C=O) groups is 3. The standard InChI is InChI=1S/C24H25Cl2NO6/c1-13(2)12-27-19-9-8-15(25)10-17(19)22(16-6-4-5-7-18(16)26)33-20(23(27)29)11-21(28)32-14(3)24(30)31/h4-10,13-14,20,22H,11-12H2,1-3H3,(H,30,31)/t14-,20+,22+/m1/s1. The summed E-state index contributed by atoms with van der Waals surface area (Å²) >= 11 is 12.8. The number of carboxylic acids is 1. The number of anilines is 1. The summed E-state index contributed by atoms with van der Waals surface area (Å²) in [4.78, 5) is 38.7. The minimum atomic E-state index is -1.35. The Morgan fingerprint density at radius 3 is 2.45 bits per heavy atom. The van der Waals surface area contributed by atoms with Crippen molar-refractivity contribution in [3.8, 4) is 0 Å². The number of benzene rings is 2. The highest BCUT2D eigenvalue weighted by Gasteiger charge is 2.39. The Kier molecular flexibility index (Phi) is 8.00.